The molecule has 1 rings (SSSR count). The van der Waals surface area contributed by atoms with Gasteiger partial charge in [-0.1, -0.05) is 11.2 Å². The molecule has 0 amide bonds. The third-order valence-corrected chi connectivity index (χ3v) is 1.91. The number of hydrogen-bond acceptors (Lipinski definition) is 4. The molecule has 1 aromatic heterocycles. The molecule has 5 heteroatoms. The number of oxime groups is 1. The summed E-state index contributed by atoms with van der Waals surface area (Å²) in [5.74, 6) is 0.156. The maximum Gasteiger partial charge on any atom is 0.161 e. The SMILES string of the molecule is CN(C)C(/C(N)=N/O)c1cccnc1. The van der Waals surface area contributed by atoms with Gasteiger partial charge in [0.1, 0.15) is 0 Å². The van der Waals surface area contributed by atoms with Crippen molar-refractivity contribution in [3.63, 3.8) is 0 Å². The minimum absolute atomic E-state index is 0.156. The lowest BCUT2D eigenvalue weighted by molar-refractivity contribution is 0.301. The molecule has 0 aliphatic heterocycles. The Hall–Kier alpha value is -1.62. The Morgan fingerprint density at radius 2 is 2.36 bits per heavy atom. The molecule has 76 valence electrons. The minimum Gasteiger partial charge on any atom is -0.409 e. The lowest BCUT2D eigenvalue weighted by atomic mass is 10.1. The molecule has 0 aromatic carbocycles. The third-order valence-electron chi connectivity index (χ3n) is 1.91. The summed E-state index contributed by atoms with van der Waals surface area (Å²) in [6, 6.07) is 3.46. The summed E-state index contributed by atoms with van der Waals surface area (Å²) in [6.45, 7) is 0. The molecule has 0 aliphatic rings. The fraction of sp³-hybridized carbons (Fsp3) is 0.333. The number of nitrogens with two attached hydrogens (primary N) is 1. The number of amidine groups is 1. The molecule has 3 N–H and O–H groups in total. The average molecular weight is 194 g/mol. The lowest BCUT2D eigenvalue weighted by Crippen LogP contribution is -2.33. The van der Waals surface area contributed by atoms with Gasteiger partial charge in [-0.3, -0.25) is 9.88 Å². The number of aromatic nitrogens is 1. The van der Waals surface area contributed by atoms with Crippen LogP contribution < -0.4 is 5.73 Å². The van der Waals surface area contributed by atoms with E-state index in [2.05, 4.69) is 10.1 Å². The highest BCUT2D eigenvalue weighted by Gasteiger charge is 2.18. The summed E-state index contributed by atoms with van der Waals surface area (Å²) in [5, 5.41) is 11.6. The standard InChI is InChI=1S/C9H14N4O/c1-13(2)8(9(10)12-14)7-4-3-5-11-6-7/h3-6,8,14H,1-2H3,(H2,10,12). The Morgan fingerprint density at radius 3 is 2.79 bits per heavy atom. The number of nitrogens with zero attached hydrogens (tertiary/aromatic N) is 3. The summed E-state index contributed by atoms with van der Waals surface area (Å²) in [5.41, 5.74) is 6.48. The smallest absolute Gasteiger partial charge is 0.161 e. The van der Waals surface area contributed by atoms with E-state index >= 15 is 0 Å². The van der Waals surface area contributed by atoms with Crippen molar-refractivity contribution in [2.24, 2.45) is 10.9 Å². The highest BCUT2D eigenvalue weighted by molar-refractivity contribution is 5.86. The van der Waals surface area contributed by atoms with Gasteiger partial charge < -0.3 is 10.9 Å². The monoisotopic (exact) mass is 194 g/mol. The molecule has 0 radical (unpaired) electrons. The molecule has 0 spiro atoms. The van der Waals surface area contributed by atoms with E-state index in [1.54, 1.807) is 12.4 Å². The molecule has 5 nitrogen and oxygen atoms in total. The number of pyridine rings is 1. The Balaban J connectivity index is 3.01. The van der Waals surface area contributed by atoms with Gasteiger partial charge in [-0.05, 0) is 25.7 Å². The van der Waals surface area contributed by atoms with E-state index in [1.165, 1.54) is 0 Å². The number of rotatable bonds is 3. The maximum atomic E-state index is 8.63. The Morgan fingerprint density at radius 1 is 1.64 bits per heavy atom. The van der Waals surface area contributed by atoms with Crippen LogP contribution in [0.2, 0.25) is 0 Å². The Bertz CT molecular complexity index is 310. The summed E-state index contributed by atoms with van der Waals surface area (Å²) >= 11 is 0. The van der Waals surface area contributed by atoms with Gasteiger partial charge >= 0.3 is 0 Å². The minimum atomic E-state index is -0.242. The normalized spacial score (nSPS) is 14.4. The van der Waals surface area contributed by atoms with Gasteiger partial charge in [-0.25, -0.2) is 0 Å². The zero-order valence-corrected chi connectivity index (χ0v) is 8.25. The van der Waals surface area contributed by atoms with Crippen molar-refractivity contribution < 1.29 is 5.21 Å². The Kier molecular flexibility index (Phi) is 3.41. The lowest BCUT2D eigenvalue weighted by Gasteiger charge is -2.22. The molecule has 1 atom stereocenters. The summed E-state index contributed by atoms with van der Waals surface area (Å²) in [4.78, 5) is 5.84. The molecule has 0 aliphatic carbocycles. The molecule has 0 saturated carbocycles. The third kappa shape index (κ3) is 2.20. The van der Waals surface area contributed by atoms with Crippen LogP contribution in [0.3, 0.4) is 0 Å². The summed E-state index contributed by atoms with van der Waals surface area (Å²) < 4.78 is 0. The van der Waals surface area contributed by atoms with Crippen LogP contribution in [0.4, 0.5) is 0 Å². The van der Waals surface area contributed by atoms with E-state index in [-0.39, 0.29) is 11.9 Å². The van der Waals surface area contributed by atoms with Crippen LogP contribution in [-0.2, 0) is 0 Å². The van der Waals surface area contributed by atoms with Crippen molar-refractivity contribution in [2.75, 3.05) is 14.1 Å². The zero-order chi connectivity index (χ0) is 10.6. The van der Waals surface area contributed by atoms with E-state index in [1.807, 2.05) is 31.1 Å². The first-order valence-electron chi connectivity index (χ1n) is 4.20. The summed E-state index contributed by atoms with van der Waals surface area (Å²) in [7, 11) is 3.71. The predicted octanol–water partition coefficient (Wildman–Crippen LogP) is 0.431. The van der Waals surface area contributed by atoms with E-state index < -0.39 is 0 Å². The van der Waals surface area contributed by atoms with Gasteiger partial charge in [-0.15, -0.1) is 0 Å². The summed E-state index contributed by atoms with van der Waals surface area (Å²) in [6.07, 6.45) is 3.38. The number of likely N-dealkylation sites (N-methyl/N-ethyl adjacent to an activating group) is 1. The molecule has 0 bridgehead atoms. The zero-order valence-electron chi connectivity index (χ0n) is 8.25. The van der Waals surface area contributed by atoms with Crippen molar-refractivity contribution in [2.45, 2.75) is 6.04 Å². The molecule has 0 fully saturated rings. The fourth-order valence-corrected chi connectivity index (χ4v) is 1.33. The van der Waals surface area contributed by atoms with Gasteiger partial charge in [0.15, 0.2) is 5.84 Å². The van der Waals surface area contributed by atoms with Crippen LogP contribution in [0.5, 0.6) is 0 Å². The van der Waals surface area contributed by atoms with E-state index in [9.17, 15) is 0 Å². The van der Waals surface area contributed by atoms with Gasteiger partial charge in [0.2, 0.25) is 0 Å². The molecule has 1 aromatic rings. The van der Waals surface area contributed by atoms with E-state index in [0.717, 1.165) is 5.56 Å². The number of hydrogen-bond donors (Lipinski definition) is 2. The van der Waals surface area contributed by atoms with Gasteiger partial charge in [0.05, 0.1) is 6.04 Å². The first-order chi connectivity index (χ1) is 6.66. The second-order valence-electron chi connectivity index (χ2n) is 3.18. The van der Waals surface area contributed by atoms with Gasteiger partial charge in [-0.2, -0.15) is 0 Å². The molecule has 0 saturated heterocycles. The molecular formula is C9H14N4O. The quantitative estimate of drug-likeness (QED) is 0.317. The highest BCUT2D eigenvalue weighted by atomic mass is 16.4. The fourth-order valence-electron chi connectivity index (χ4n) is 1.33. The van der Waals surface area contributed by atoms with Crippen LogP contribution in [0.1, 0.15) is 11.6 Å². The van der Waals surface area contributed by atoms with Crippen LogP contribution in [-0.4, -0.2) is 35.0 Å². The van der Waals surface area contributed by atoms with Crippen molar-refractivity contribution >= 4 is 5.84 Å². The molecule has 1 heterocycles. The van der Waals surface area contributed by atoms with Gasteiger partial charge in [0, 0.05) is 12.4 Å². The predicted molar refractivity (Wildman–Crippen MR) is 54.1 cm³/mol. The van der Waals surface area contributed by atoms with E-state index in [4.69, 9.17) is 10.9 Å². The topological polar surface area (TPSA) is 74.7 Å². The largest absolute Gasteiger partial charge is 0.409 e. The Labute approximate surface area is 82.9 Å². The van der Waals surface area contributed by atoms with Gasteiger partial charge in [0.25, 0.3) is 0 Å². The second kappa shape index (κ2) is 4.57. The molecular weight excluding hydrogens is 180 g/mol. The van der Waals surface area contributed by atoms with Crippen molar-refractivity contribution in [3.05, 3.63) is 30.1 Å². The van der Waals surface area contributed by atoms with Crippen LogP contribution in [0.25, 0.3) is 0 Å². The highest BCUT2D eigenvalue weighted by Crippen LogP contribution is 2.16. The van der Waals surface area contributed by atoms with Crippen molar-refractivity contribution in [1.82, 2.24) is 9.88 Å². The van der Waals surface area contributed by atoms with Crippen LogP contribution in [0, 0.1) is 0 Å². The van der Waals surface area contributed by atoms with Crippen LogP contribution >= 0.6 is 0 Å². The first-order valence-corrected chi connectivity index (χ1v) is 4.20. The van der Waals surface area contributed by atoms with Crippen LogP contribution in [0.15, 0.2) is 29.7 Å². The first kappa shape index (κ1) is 10.5. The molecule has 1 unspecified atom stereocenters. The maximum absolute atomic E-state index is 8.63. The van der Waals surface area contributed by atoms with Crippen molar-refractivity contribution in [3.8, 4) is 0 Å². The molecule has 14 heavy (non-hydrogen) atoms. The second-order valence-corrected chi connectivity index (χ2v) is 3.18. The van der Waals surface area contributed by atoms with Crippen molar-refractivity contribution in [1.29, 1.82) is 0 Å². The van der Waals surface area contributed by atoms with E-state index in [0.29, 0.717) is 0 Å². The average Bonchev–Trinajstić information content (AvgIpc) is 2.19.